The molecule has 0 aromatic heterocycles. The Morgan fingerprint density at radius 1 is 1.12 bits per heavy atom. The van der Waals surface area contributed by atoms with Gasteiger partial charge in [-0.2, -0.15) is 0 Å². The summed E-state index contributed by atoms with van der Waals surface area (Å²) < 4.78 is 39.4. The number of nitrogens with one attached hydrogen (secondary N) is 1. The maximum absolute atomic E-state index is 12.5. The first-order chi connectivity index (χ1) is 12.4. The van der Waals surface area contributed by atoms with Crippen LogP contribution in [0.3, 0.4) is 0 Å². The molecule has 0 bridgehead atoms. The molecule has 0 spiro atoms. The van der Waals surface area contributed by atoms with E-state index in [0.29, 0.717) is 30.3 Å². The van der Waals surface area contributed by atoms with E-state index < -0.39 is 15.9 Å². The minimum Gasteiger partial charge on any atom is -0.495 e. The Bertz CT molecular complexity index is 942. The Morgan fingerprint density at radius 2 is 1.85 bits per heavy atom. The third kappa shape index (κ3) is 3.89. The number of methoxy groups -OCH3 is 1. The van der Waals surface area contributed by atoms with Crippen molar-refractivity contribution in [3.8, 4) is 17.2 Å². The molecular weight excluding hydrogens is 360 g/mol. The van der Waals surface area contributed by atoms with Crippen molar-refractivity contribution in [2.45, 2.75) is 11.3 Å². The van der Waals surface area contributed by atoms with Crippen LogP contribution in [0.5, 0.6) is 17.2 Å². The predicted molar refractivity (Wildman–Crippen MR) is 94.4 cm³/mol. The fraction of sp³-hybridized carbons (Fsp3) is 0.235. The monoisotopic (exact) mass is 378 g/mol. The fourth-order valence-corrected chi connectivity index (χ4v) is 3.21. The van der Waals surface area contributed by atoms with Crippen LogP contribution < -0.4 is 24.7 Å². The van der Waals surface area contributed by atoms with Crippen LogP contribution in [0.2, 0.25) is 0 Å². The summed E-state index contributed by atoms with van der Waals surface area (Å²) >= 11 is 0. The van der Waals surface area contributed by atoms with Crippen LogP contribution in [0, 0.1) is 0 Å². The van der Waals surface area contributed by atoms with Crippen LogP contribution in [-0.4, -0.2) is 34.6 Å². The molecule has 138 valence electrons. The van der Waals surface area contributed by atoms with Crippen molar-refractivity contribution in [2.24, 2.45) is 5.14 Å². The molecule has 9 heteroatoms. The Hall–Kier alpha value is -2.78. The molecule has 0 fully saturated rings. The van der Waals surface area contributed by atoms with E-state index in [1.54, 1.807) is 18.2 Å². The van der Waals surface area contributed by atoms with Crippen molar-refractivity contribution >= 4 is 21.6 Å². The molecule has 3 N–H and O–H groups in total. The lowest BCUT2D eigenvalue weighted by Gasteiger charge is -2.12. The molecule has 0 aliphatic carbocycles. The highest BCUT2D eigenvalue weighted by atomic mass is 32.2. The molecule has 0 saturated carbocycles. The maximum atomic E-state index is 12.5. The highest BCUT2D eigenvalue weighted by molar-refractivity contribution is 7.89. The number of ether oxygens (including phenoxy) is 3. The Labute approximate surface area is 150 Å². The first-order valence-corrected chi connectivity index (χ1v) is 9.35. The maximum Gasteiger partial charge on any atom is 0.255 e. The molecule has 0 radical (unpaired) electrons. The second kappa shape index (κ2) is 7.22. The van der Waals surface area contributed by atoms with Gasteiger partial charge in [0.25, 0.3) is 5.91 Å². The Balaban J connectivity index is 1.85. The van der Waals surface area contributed by atoms with E-state index in [4.69, 9.17) is 19.3 Å². The smallest absolute Gasteiger partial charge is 0.255 e. The van der Waals surface area contributed by atoms with Crippen LogP contribution in [-0.2, 0) is 10.0 Å². The highest BCUT2D eigenvalue weighted by Crippen LogP contribution is 2.31. The first kappa shape index (κ1) is 18.0. The summed E-state index contributed by atoms with van der Waals surface area (Å²) in [5.41, 5.74) is 0.620. The van der Waals surface area contributed by atoms with Gasteiger partial charge < -0.3 is 19.5 Å². The zero-order valence-electron chi connectivity index (χ0n) is 14.0. The minimum atomic E-state index is -4.00. The van der Waals surface area contributed by atoms with Gasteiger partial charge in [-0.3, -0.25) is 4.79 Å². The van der Waals surface area contributed by atoms with Crippen molar-refractivity contribution in [2.75, 3.05) is 25.6 Å². The normalized spacial score (nSPS) is 13.6. The number of hydrogen-bond acceptors (Lipinski definition) is 6. The third-order valence-corrected chi connectivity index (χ3v) is 4.67. The SMILES string of the molecule is COc1ccc(NC(=O)c2ccc3c(c2)OCCCO3)cc1S(N)(=O)=O. The average Bonchev–Trinajstić information content (AvgIpc) is 2.85. The zero-order valence-corrected chi connectivity index (χ0v) is 14.8. The molecule has 2 aromatic carbocycles. The van der Waals surface area contributed by atoms with Crippen LogP contribution >= 0.6 is 0 Å². The highest BCUT2D eigenvalue weighted by Gasteiger charge is 2.18. The molecule has 0 saturated heterocycles. The number of anilines is 1. The summed E-state index contributed by atoms with van der Waals surface area (Å²) in [6.07, 6.45) is 0.762. The van der Waals surface area contributed by atoms with Crippen molar-refractivity contribution in [1.82, 2.24) is 0 Å². The second-order valence-electron chi connectivity index (χ2n) is 5.58. The third-order valence-electron chi connectivity index (χ3n) is 3.74. The zero-order chi connectivity index (χ0) is 18.7. The lowest BCUT2D eigenvalue weighted by molar-refractivity contribution is 0.102. The van der Waals surface area contributed by atoms with E-state index in [2.05, 4.69) is 5.32 Å². The number of carbonyl (C=O) groups is 1. The van der Waals surface area contributed by atoms with Gasteiger partial charge in [0.1, 0.15) is 10.6 Å². The summed E-state index contributed by atoms with van der Waals surface area (Å²) in [5.74, 6) is 0.752. The van der Waals surface area contributed by atoms with E-state index in [1.807, 2.05) is 0 Å². The summed E-state index contributed by atoms with van der Waals surface area (Å²) in [5, 5.41) is 7.82. The lowest BCUT2D eigenvalue weighted by Crippen LogP contribution is -2.16. The largest absolute Gasteiger partial charge is 0.495 e. The van der Waals surface area contributed by atoms with Gasteiger partial charge in [-0.1, -0.05) is 0 Å². The molecule has 0 atom stereocenters. The van der Waals surface area contributed by atoms with Crippen molar-refractivity contribution in [3.05, 3.63) is 42.0 Å². The molecule has 3 rings (SSSR count). The molecule has 0 unspecified atom stereocenters. The minimum absolute atomic E-state index is 0.0982. The molecule has 1 amide bonds. The molecule has 1 heterocycles. The number of hydrogen-bond donors (Lipinski definition) is 2. The van der Waals surface area contributed by atoms with Gasteiger partial charge in [0.05, 0.1) is 20.3 Å². The number of carbonyl (C=O) groups excluding carboxylic acids is 1. The number of benzene rings is 2. The molecule has 26 heavy (non-hydrogen) atoms. The quantitative estimate of drug-likeness (QED) is 0.837. The summed E-state index contributed by atoms with van der Waals surface area (Å²) in [4.78, 5) is 12.3. The van der Waals surface area contributed by atoms with Crippen molar-refractivity contribution < 1.29 is 27.4 Å². The molecule has 2 aromatic rings. The lowest BCUT2D eigenvalue weighted by atomic mass is 10.2. The number of fused-ring (bicyclic) bond motifs is 1. The van der Waals surface area contributed by atoms with E-state index >= 15 is 0 Å². The number of amides is 1. The van der Waals surface area contributed by atoms with E-state index in [9.17, 15) is 13.2 Å². The summed E-state index contributed by atoms with van der Waals surface area (Å²) in [6.45, 7) is 1.06. The van der Waals surface area contributed by atoms with Gasteiger partial charge in [0, 0.05) is 17.7 Å². The van der Waals surface area contributed by atoms with Crippen LogP contribution in [0.1, 0.15) is 16.8 Å². The topological polar surface area (TPSA) is 117 Å². The van der Waals surface area contributed by atoms with Crippen LogP contribution in [0.4, 0.5) is 5.69 Å². The van der Waals surface area contributed by atoms with Gasteiger partial charge in [-0.15, -0.1) is 0 Å². The molecule has 1 aliphatic heterocycles. The Kier molecular flexibility index (Phi) is 5.01. The average molecular weight is 378 g/mol. The number of rotatable bonds is 4. The first-order valence-electron chi connectivity index (χ1n) is 7.80. The van der Waals surface area contributed by atoms with Gasteiger partial charge in [0.2, 0.25) is 10.0 Å². The van der Waals surface area contributed by atoms with E-state index in [1.165, 1.54) is 25.3 Å². The van der Waals surface area contributed by atoms with Crippen molar-refractivity contribution in [3.63, 3.8) is 0 Å². The van der Waals surface area contributed by atoms with Crippen LogP contribution in [0.15, 0.2) is 41.3 Å². The van der Waals surface area contributed by atoms with Crippen molar-refractivity contribution in [1.29, 1.82) is 0 Å². The number of primary sulfonamides is 1. The molecule has 8 nitrogen and oxygen atoms in total. The van der Waals surface area contributed by atoms with E-state index in [-0.39, 0.29) is 16.3 Å². The fourth-order valence-electron chi connectivity index (χ4n) is 2.48. The second-order valence-corrected chi connectivity index (χ2v) is 7.11. The summed E-state index contributed by atoms with van der Waals surface area (Å²) in [6, 6.07) is 9.04. The van der Waals surface area contributed by atoms with Gasteiger partial charge in [0.15, 0.2) is 11.5 Å². The van der Waals surface area contributed by atoms with E-state index in [0.717, 1.165) is 6.42 Å². The van der Waals surface area contributed by atoms with Gasteiger partial charge in [-0.25, -0.2) is 13.6 Å². The number of sulfonamides is 1. The van der Waals surface area contributed by atoms with Gasteiger partial charge >= 0.3 is 0 Å². The van der Waals surface area contributed by atoms with Gasteiger partial charge in [-0.05, 0) is 36.4 Å². The standard InChI is InChI=1S/C17H18N2O6S/c1-23-14-6-4-12(10-16(14)26(18,21)22)19-17(20)11-3-5-13-15(9-11)25-8-2-7-24-13/h3-6,9-10H,2,7-8H2,1H3,(H,19,20)(H2,18,21,22). The molecule has 1 aliphatic rings. The van der Waals surface area contributed by atoms with Crippen LogP contribution in [0.25, 0.3) is 0 Å². The number of nitrogens with two attached hydrogens (primary N) is 1. The molecular formula is C17H18N2O6S. The predicted octanol–water partition coefficient (Wildman–Crippen LogP) is 1.76. The Morgan fingerprint density at radius 3 is 2.54 bits per heavy atom. The summed E-state index contributed by atoms with van der Waals surface area (Å²) in [7, 11) is -2.66.